The first-order valence-corrected chi connectivity index (χ1v) is 13.0. The van der Waals surface area contributed by atoms with Gasteiger partial charge in [0.15, 0.2) is 5.13 Å². The van der Waals surface area contributed by atoms with E-state index in [9.17, 15) is 4.79 Å². The second-order valence-electron chi connectivity index (χ2n) is 9.06. The number of anilines is 1. The lowest BCUT2D eigenvalue weighted by Gasteiger charge is -2.23. The van der Waals surface area contributed by atoms with E-state index in [0.717, 1.165) is 46.5 Å². The third-order valence-corrected chi connectivity index (χ3v) is 7.49. The van der Waals surface area contributed by atoms with E-state index in [1.165, 1.54) is 11.3 Å². The molecule has 0 radical (unpaired) electrons. The zero-order valence-electron chi connectivity index (χ0n) is 20.0. The van der Waals surface area contributed by atoms with E-state index in [1.54, 1.807) is 9.58 Å². The van der Waals surface area contributed by atoms with Crippen molar-refractivity contribution in [1.29, 1.82) is 0 Å². The molecule has 0 spiro atoms. The van der Waals surface area contributed by atoms with E-state index in [4.69, 9.17) is 14.8 Å². The summed E-state index contributed by atoms with van der Waals surface area (Å²) < 4.78 is 8.77. The normalized spacial score (nSPS) is 15.4. The molecule has 36 heavy (non-hydrogen) atoms. The van der Waals surface area contributed by atoms with Gasteiger partial charge in [0, 0.05) is 18.4 Å². The predicted octanol–water partition coefficient (Wildman–Crippen LogP) is 6.28. The van der Waals surface area contributed by atoms with Gasteiger partial charge in [-0.2, -0.15) is 5.10 Å². The molecule has 1 atom stereocenters. The summed E-state index contributed by atoms with van der Waals surface area (Å²) in [5.41, 5.74) is 5.02. The van der Waals surface area contributed by atoms with Gasteiger partial charge in [-0.3, -0.25) is 9.69 Å². The molecule has 1 saturated heterocycles. The molecule has 0 aliphatic carbocycles. The number of benzene rings is 3. The van der Waals surface area contributed by atoms with Gasteiger partial charge in [-0.15, -0.1) is 0 Å². The summed E-state index contributed by atoms with van der Waals surface area (Å²) in [6.07, 6.45) is 3.77. The molecule has 0 saturated carbocycles. The number of aryl methyl sites for hydroxylation is 1. The van der Waals surface area contributed by atoms with Crippen LogP contribution in [-0.2, 0) is 4.74 Å². The monoisotopic (exact) mass is 494 g/mol. The van der Waals surface area contributed by atoms with Crippen molar-refractivity contribution in [2.24, 2.45) is 0 Å². The number of aromatic nitrogens is 3. The first-order chi connectivity index (χ1) is 17.7. The number of carbonyl (C=O) groups is 1. The molecule has 1 fully saturated rings. The maximum absolute atomic E-state index is 14.3. The summed E-state index contributed by atoms with van der Waals surface area (Å²) in [6, 6.07) is 26.0. The second kappa shape index (κ2) is 9.68. The van der Waals surface area contributed by atoms with Crippen LogP contribution in [0.2, 0.25) is 0 Å². The third-order valence-electron chi connectivity index (χ3n) is 6.43. The minimum Gasteiger partial charge on any atom is -0.376 e. The standard InChI is InChI=1S/C29H26N4O2S/c1-20-9-7-10-21(17-20)27-24(19-33(31-27)22-11-3-2-4-12-22)28(34)32(18-23-13-8-16-35-23)29-30-25-14-5-6-15-26(25)36-29/h2-7,9-12,14-15,17,19,23H,8,13,16,18H2,1H3/t23-/m1/s1. The lowest BCUT2D eigenvalue weighted by Crippen LogP contribution is -2.37. The maximum Gasteiger partial charge on any atom is 0.264 e. The highest BCUT2D eigenvalue weighted by atomic mass is 32.1. The van der Waals surface area contributed by atoms with Crippen LogP contribution in [0.1, 0.15) is 28.8 Å². The van der Waals surface area contributed by atoms with Crippen LogP contribution in [0.25, 0.3) is 27.2 Å². The summed E-state index contributed by atoms with van der Waals surface area (Å²) in [5, 5.41) is 5.56. The van der Waals surface area contributed by atoms with E-state index in [0.29, 0.717) is 22.9 Å². The molecule has 5 aromatic rings. The second-order valence-corrected chi connectivity index (χ2v) is 10.1. The van der Waals surface area contributed by atoms with Crippen LogP contribution in [0.3, 0.4) is 0 Å². The fraction of sp³-hybridized carbons (Fsp3) is 0.207. The summed E-state index contributed by atoms with van der Waals surface area (Å²) in [4.78, 5) is 20.9. The Morgan fingerprint density at radius 3 is 2.69 bits per heavy atom. The lowest BCUT2D eigenvalue weighted by molar-refractivity contribution is 0.0918. The Balaban J connectivity index is 1.47. The molecular weight excluding hydrogens is 468 g/mol. The number of hydrogen-bond donors (Lipinski definition) is 0. The molecule has 3 heterocycles. The molecule has 1 amide bonds. The Kier molecular flexibility index (Phi) is 6.09. The Labute approximate surface area is 213 Å². The van der Waals surface area contributed by atoms with Crippen LogP contribution < -0.4 is 4.90 Å². The van der Waals surface area contributed by atoms with Crippen LogP contribution >= 0.6 is 11.3 Å². The van der Waals surface area contributed by atoms with Crippen molar-refractivity contribution in [3.63, 3.8) is 0 Å². The van der Waals surface area contributed by atoms with Crippen LogP contribution in [0, 0.1) is 6.92 Å². The van der Waals surface area contributed by atoms with Gasteiger partial charge in [-0.05, 0) is 50.1 Å². The van der Waals surface area contributed by atoms with Crippen molar-refractivity contribution >= 4 is 32.6 Å². The number of carbonyl (C=O) groups excluding carboxylic acids is 1. The van der Waals surface area contributed by atoms with Crippen molar-refractivity contribution < 1.29 is 9.53 Å². The molecule has 6 nitrogen and oxygen atoms in total. The number of para-hydroxylation sites is 2. The summed E-state index contributed by atoms with van der Waals surface area (Å²) in [7, 11) is 0. The molecule has 180 valence electrons. The zero-order valence-corrected chi connectivity index (χ0v) is 20.8. The fourth-order valence-electron chi connectivity index (χ4n) is 4.61. The van der Waals surface area contributed by atoms with Gasteiger partial charge in [-0.1, -0.05) is 65.4 Å². The van der Waals surface area contributed by atoms with Crippen molar-refractivity contribution in [2.45, 2.75) is 25.9 Å². The number of ether oxygens (including phenoxy) is 1. The van der Waals surface area contributed by atoms with E-state index in [1.807, 2.05) is 85.9 Å². The van der Waals surface area contributed by atoms with Gasteiger partial charge in [0.25, 0.3) is 5.91 Å². The summed E-state index contributed by atoms with van der Waals surface area (Å²) in [6.45, 7) is 3.24. The van der Waals surface area contributed by atoms with Gasteiger partial charge in [0.05, 0.1) is 34.1 Å². The van der Waals surface area contributed by atoms with E-state index in [2.05, 4.69) is 6.07 Å². The Morgan fingerprint density at radius 2 is 1.92 bits per heavy atom. The van der Waals surface area contributed by atoms with Crippen LogP contribution in [0.5, 0.6) is 0 Å². The molecule has 0 unspecified atom stereocenters. The number of rotatable bonds is 6. The largest absolute Gasteiger partial charge is 0.376 e. The Morgan fingerprint density at radius 1 is 1.08 bits per heavy atom. The maximum atomic E-state index is 14.3. The van der Waals surface area contributed by atoms with E-state index >= 15 is 0 Å². The smallest absolute Gasteiger partial charge is 0.264 e. The van der Waals surface area contributed by atoms with Crippen LogP contribution in [0.15, 0.2) is 85.1 Å². The highest BCUT2D eigenvalue weighted by Gasteiger charge is 2.30. The van der Waals surface area contributed by atoms with Crippen LogP contribution in [-0.4, -0.2) is 39.9 Å². The van der Waals surface area contributed by atoms with Gasteiger partial charge >= 0.3 is 0 Å². The van der Waals surface area contributed by atoms with E-state index < -0.39 is 0 Å². The molecule has 3 aromatic carbocycles. The van der Waals surface area contributed by atoms with Crippen molar-refractivity contribution in [1.82, 2.24) is 14.8 Å². The SMILES string of the molecule is Cc1cccc(-c2nn(-c3ccccc3)cc2C(=O)N(C[C@H]2CCCO2)c2nc3ccccc3s2)c1. The molecule has 1 aliphatic rings. The molecule has 0 bridgehead atoms. The molecule has 0 N–H and O–H groups in total. The quantitative estimate of drug-likeness (QED) is 0.279. The summed E-state index contributed by atoms with van der Waals surface area (Å²) >= 11 is 1.53. The average Bonchev–Trinajstić information content (AvgIpc) is 3.67. The Bertz CT molecular complexity index is 1490. The average molecular weight is 495 g/mol. The number of hydrogen-bond acceptors (Lipinski definition) is 5. The molecule has 1 aliphatic heterocycles. The number of nitrogens with zero attached hydrogens (tertiary/aromatic N) is 4. The molecular formula is C29H26N4O2S. The highest BCUT2D eigenvalue weighted by Crippen LogP contribution is 2.33. The molecule has 2 aromatic heterocycles. The predicted molar refractivity (Wildman–Crippen MR) is 144 cm³/mol. The van der Waals surface area contributed by atoms with Crippen molar-refractivity contribution in [3.05, 3.63) is 96.2 Å². The van der Waals surface area contributed by atoms with E-state index in [-0.39, 0.29) is 12.0 Å². The van der Waals surface area contributed by atoms with Gasteiger partial charge in [0.1, 0.15) is 5.69 Å². The van der Waals surface area contributed by atoms with Gasteiger partial charge in [0.2, 0.25) is 0 Å². The van der Waals surface area contributed by atoms with Gasteiger partial charge in [-0.25, -0.2) is 9.67 Å². The lowest BCUT2D eigenvalue weighted by atomic mass is 10.0. The first-order valence-electron chi connectivity index (χ1n) is 12.2. The third kappa shape index (κ3) is 4.43. The Hall–Kier alpha value is -3.81. The van der Waals surface area contributed by atoms with Gasteiger partial charge < -0.3 is 4.74 Å². The summed E-state index contributed by atoms with van der Waals surface area (Å²) in [5.74, 6) is -0.122. The zero-order chi connectivity index (χ0) is 24.5. The molecule has 6 rings (SSSR count). The molecule has 7 heteroatoms. The van der Waals surface area contributed by atoms with Crippen molar-refractivity contribution in [2.75, 3.05) is 18.1 Å². The minimum atomic E-state index is -0.122. The number of fused-ring (bicyclic) bond motifs is 1. The highest BCUT2D eigenvalue weighted by molar-refractivity contribution is 7.22. The number of thiazole rings is 1. The van der Waals surface area contributed by atoms with Crippen molar-refractivity contribution in [3.8, 4) is 16.9 Å². The van der Waals surface area contributed by atoms with Crippen LogP contribution in [0.4, 0.5) is 5.13 Å². The topological polar surface area (TPSA) is 60.2 Å². The number of amides is 1. The fourth-order valence-corrected chi connectivity index (χ4v) is 5.58. The minimum absolute atomic E-state index is 0.00690. The first kappa shape index (κ1) is 22.6.